The minimum atomic E-state index is -0.605. The van der Waals surface area contributed by atoms with Gasteiger partial charge in [-0.2, -0.15) is 5.26 Å². The molecule has 1 saturated heterocycles. The van der Waals surface area contributed by atoms with Gasteiger partial charge >= 0.3 is 0 Å². The lowest BCUT2D eigenvalue weighted by Gasteiger charge is -2.43. The van der Waals surface area contributed by atoms with Gasteiger partial charge in [0.15, 0.2) is 5.82 Å². The van der Waals surface area contributed by atoms with Crippen LogP contribution in [0, 0.1) is 11.3 Å². The van der Waals surface area contributed by atoms with Crippen LogP contribution in [0.1, 0.15) is 36.1 Å². The number of piperazine rings is 1. The average molecular weight is 443 g/mol. The van der Waals surface area contributed by atoms with Gasteiger partial charge in [-0.05, 0) is 36.5 Å². The van der Waals surface area contributed by atoms with Crippen LogP contribution >= 0.6 is 0 Å². The molecule has 5 rings (SSSR count). The number of carbonyl (C=O) groups is 2. The first-order chi connectivity index (χ1) is 16.1. The third-order valence-electron chi connectivity index (χ3n) is 7.20. The maximum absolute atomic E-state index is 13.6. The zero-order chi connectivity index (χ0) is 23.0. The highest BCUT2D eigenvalue weighted by Crippen LogP contribution is 2.45. The fourth-order valence-electron chi connectivity index (χ4n) is 5.59. The number of benzene rings is 1. The fourth-order valence-corrected chi connectivity index (χ4v) is 5.59. The van der Waals surface area contributed by atoms with E-state index in [2.05, 4.69) is 40.1 Å². The largest absolute Gasteiger partial charge is 0.351 e. The lowest BCUT2D eigenvalue weighted by atomic mass is 9.65. The summed E-state index contributed by atoms with van der Waals surface area (Å²) in [6, 6.07) is 10.1. The molecule has 8 nitrogen and oxygen atoms in total. The molecule has 2 aromatic rings. The second kappa shape index (κ2) is 8.32. The van der Waals surface area contributed by atoms with Crippen LogP contribution in [0.2, 0.25) is 0 Å². The summed E-state index contributed by atoms with van der Waals surface area (Å²) >= 11 is 0. The Morgan fingerprint density at radius 2 is 2.18 bits per heavy atom. The zero-order valence-corrected chi connectivity index (χ0v) is 18.5. The van der Waals surface area contributed by atoms with Crippen LogP contribution in [0.4, 0.5) is 11.5 Å². The third kappa shape index (κ3) is 3.44. The van der Waals surface area contributed by atoms with Crippen LogP contribution in [0.15, 0.2) is 43.2 Å². The molecule has 0 radical (unpaired) electrons. The van der Waals surface area contributed by atoms with Gasteiger partial charge in [-0.15, -0.1) is 0 Å². The van der Waals surface area contributed by atoms with Crippen LogP contribution in [-0.4, -0.2) is 52.4 Å². The lowest BCUT2D eigenvalue weighted by Crippen LogP contribution is -2.55. The molecule has 2 aliphatic heterocycles. The molecule has 1 aromatic carbocycles. The van der Waals surface area contributed by atoms with Crippen molar-refractivity contribution >= 4 is 23.3 Å². The second-order valence-corrected chi connectivity index (χ2v) is 8.94. The molecule has 2 amide bonds. The number of nitrogens with zero attached hydrogens (tertiary/aromatic N) is 5. The highest BCUT2D eigenvalue weighted by molar-refractivity contribution is 6.04. The van der Waals surface area contributed by atoms with Crippen LogP contribution in [-0.2, 0) is 27.8 Å². The maximum Gasteiger partial charge on any atom is 0.246 e. The molecule has 33 heavy (non-hydrogen) atoms. The van der Waals surface area contributed by atoms with Gasteiger partial charge in [-0.3, -0.25) is 9.59 Å². The summed E-state index contributed by atoms with van der Waals surface area (Å²) in [6.45, 7) is 5.04. The van der Waals surface area contributed by atoms with Crippen molar-refractivity contribution in [1.29, 1.82) is 5.26 Å². The van der Waals surface area contributed by atoms with E-state index in [-0.39, 0.29) is 24.3 Å². The Morgan fingerprint density at radius 3 is 3.00 bits per heavy atom. The number of hydrogen-bond donors (Lipinski definition) is 1. The van der Waals surface area contributed by atoms with Crippen molar-refractivity contribution in [2.75, 3.05) is 29.9 Å². The van der Waals surface area contributed by atoms with Gasteiger partial charge in [0.05, 0.1) is 29.6 Å². The molecule has 1 spiro atoms. The predicted molar refractivity (Wildman–Crippen MR) is 124 cm³/mol. The summed E-state index contributed by atoms with van der Waals surface area (Å²) in [5.74, 6) is 0.471. The molecule has 0 bridgehead atoms. The van der Waals surface area contributed by atoms with Crippen molar-refractivity contribution < 1.29 is 9.59 Å². The number of anilines is 2. The van der Waals surface area contributed by atoms with E-state index in [1.165, 1.54) is 11.6 Å². The van der Waals surface area contributed by atoms with E-state index in [4.69, 9.17) is 0 Å². The second-order valence-electron chi connectivity index (χ2n) is 8.94. The Bertz CT molecular complexity index is 1170. The first-order valence-electron chi connectivity index (χ1n) is 11.4. The molecular weight excluding hydrogens is 416 g/mol. The molecule has 3 heterocycles. The molecular formula is C25H26N6O2. The number of aromatic nitrogens is 2. The van der Waals surface area contributed by atoms with Gasteiger partial charge in [-0.1, -0.05) is 30.8 Å². The van der Waals surface area contributed by atoms with Crippen LogP contribution in [0.25, 0.3) is 0 Å². The number of carbonyl (C=O) groups excluding carboxylic acids is 2. The van der Waals surface area contributed by atoms with E-state index >= 15 is 0 Å². The van der Waals surface area contributed by atoms with Crippen molar-refractivity contribution in [3.05, 3.63) is 60.1 Å². The van der Waals surface area contributed by atoms with E-state index < -0.39 is 5.41 Å². The molecule has 1 unspecified atom stereocenters. The fraction of sp³-hybridized carbons (Fsp3) is 0.400. The van der Waals surface area contributed by atoms with Crippen molar-refractivity contribution in [1.82, 2.24) is 14.9 Å². The Balaban J connectivity index is 1.48. The van der Waals surface area contributed by atoms with Gasteiger partial charge in [0, 0.05) is 26.1 Å². The highest BCUT2D eigenvalue weighted by Gasteiger charge is 2.47. The first kappa shape index (κ1) is 21.1. The number of fused-ring (bicyclic) bond motifs is 3. The minimum absolute atomic E-state index is 0.00718. The SMILES string of the molecule is C=CC(=O)N1CCN(c2ncnc3c2NC(=O)C2(CCCc4ccccc42)C3)C[C@@H]1CC#N. The van der Waals surface area contributed by atoms with Gasteiger partial charge in [0.25, 0.3) is 0 Å². The van der Waals surface area contributed by atoms with Gasteiger partial charge in [0.2, 0.25) is 11.8 Å². The van der Waals surface area contributed by atoms with Gasteiger partial charge in [-0.25, -0.2) is 9.97 Å². The van der Waals surface area contributed by atoms with E-state index in [1.54, 1.807) is 11.2 Å². The summed E-state index contributed by atoms with van der Waals surface area (Å²) in [4.78, 5) is 38.6. The van der Waals surface area contributed by atoms with Crippen molar-refractivity contribution in [2.24, 2.45) is 0 Å². The molecule has 1 fully saturated rings. The Kier molecular flexibility index (Phi) is 5.33. The Hall–Kier alpha value is -3.73. The number of nitrogens with one attached hydrogen (secondary N) is 1. The number of rotatable bonds is 3. The number of nitriles is 1. The summed E-state index contributed by atoms with van der Waals surface area (Å²) in [5.41, 5.74) is 3.21. The van der Waals surface area contributed by atoms with Crippen molar-refractivity contribution in [3.63, 3.8) is 0 Å². The molecule has 1 aliphatic carbocycles. The van der Waals surface area contributed by atoms with Crippen LogP contribution < -0.4 is 10.2 Å². The molecule has 8 heteroatoms. The minimum Gasteiger partial charge on any atom is -0.351 e. The maximum atomic E-state index is 13.6. The monoisotopic (exact) mass is 442 g/mol. The molecule has 1 aromatic heterocycles. The van der Waals surface area contributed by atoms with Crippen molar-refractivity contribution in [2.45, 2.75) is 43.6 Å². The molecule has 168 valence electrons. The quantitative estimate of drug-likeness (QED) is 0.732. The first-order valence-corrected chi connectivity index (χ1v) is 11.4. The molecule has 1 N–H and O–H groups in total. The summed E-state index contributed by atoms with van der Waals surface area (Å²) < 4.78 is 0. The van der Waals surface area contributed by atoms with Crippen LogP contribution in [0.5, 0.6) is 0 Å². The summed E-state index contributed by atoms with van der Waals surface area (Å²) in [7, 11) is 0. The van der Waals surface area contributed by atoms with Crippen molar-refractivity contribution in [3.8, 4) is 6.07 Å². The summed E-state index contributed by atoms with van der Waals surface area (Å²) in [5, 5.41) is 12.4. The standard InChI is InChI=1S/C25H26N6O2/c1-2-21(32)31-13-12-30(15-18(31)9-11-26)23-22-20(27-16-28-23)14-25(24(33)29-22)10-5-7-17-6-3-4-8-19(17)25/h2-4,6,8,16,18H,1,5,7,9-10,12-15H2,(H,29,33)/t18-,25?/m0/s1. The van der Waals surface area contributed by atoms with Crippen LogP contribution in [0.3, 0.4) is 0 Å². The van der Waals surface area contributed by atoms with E-state index in [0.717, 1.165) is 30.5 Å². The third-order valence-corrected chi connectivity index (χ3v) is 7.20. The molecule has 3 aliphatic rings. The topological polar surface area (TPSA) is 102 Å². The number of amides is 2. The average Bonchev–Trinajstić information content (AvgIpc) is 2.84. The zero-order valence-electron chi connectivity index (χ0n) is 18.5. The Morgan fingerprint density at radius 1 is 1.33 bits per heavy atom. The lowest BCUT2D eigenvalue weighted by molar-refractivity contribution is -0.128. The number of aryl methyl sites for hydroxylation is 1. The van der Waals surface area contributed by atoms with E-state index in [9.17, 15) is 14.9 Å². The normalized spacial score (nSPS) is 23.8. The highest BCUT2D eigenvalue weighted by atomic mass is 16.2. The van der Waals surface area contributed by atoms with E-state index in [1.807, 2.05) is 17.0 Å². The van der Waals surface area contributed by atoms with E-state index in [0.29, 0.717) is 37.6 Å². The molecule has 2 atom stereocenters. The Labute approximate surface area is 192 Å². The number of hydrogen-bond acceptors (Lipinski definition) is 6. The van der Waals surface area contributed by atoms with Gasteiger partial charge in [0.1, 0.15) is 12.0 Å². The smallest absolute Gasteiger partial charge is 0.246 e. The predicted octanol–water partition coefficient (Wildman–Crippen LogP) is 2.36. The van der Waals surface area contributed by atoms with Gasteiger partial charge < -0.3 is 15.1 Å². The summed E-state index contributed by atoms with van der Waals surface area (Å²) in [6.07, 6.45) is 6.34. The molecule has 0 saturated carbocycles.